The molecule has 7 aromatic rings. The molecular weight excluding hydrogens is 625 g/mol. The van der Waals surface area contributed by atoms with Crippen molar-refractivity contribution in [1.82, 2.24) is 15.0 Å². The molecule has 2 aliphatic rings. The van der Waals surface area contributed by atoms with Crippen LogP contribution >= 0.6 is 0 Å². The van der Waals surface area contributed by atoms with Crippen LogP contribution in [0.1, 0.15) is 40.2 Å². The van der Waals surface area contributed by atoms with E-state index in [2.05, 4.69) is 108 Å². The van der Waals surface area contributed by atoms with Gasteiger partial charge in [-0.05, 0) is 41.8 Å². The van der Waals surface area contributed by atoms with Gasteiger partial charge in [0.25, 0.3) is 0 Å². The highest BCUT2D eigenvalue weighted by Crippen LogP contribution is 2.54. The number of anilines is 2. The summed E-state index contributed by atoms with van der Waals surface area (Å²) >= 11 is 0. The van der Waals surface area contributed by atoms with Gasteiger partial charge in [0.2, 0.25) is 0 Å². The smallest absolute Gasteiger partial charge is 0.167 e. The Labute approximate surface area is 297 Å². The van der Waals surface area contributed by atoms with Gasteiger partial charge in [-0.15, -0.1) is 0 Å². The van der Waals surface area contributed by atoms with Crippen LogP contribution in [-0.4, -0.2) is 15.0 Å². The number of fused-ring (bicyclic) bond motifs is 5. The Morgan fingerprint density at radius 3 is 1.94 bits per heavy atom. The maximum absolute atomic E-state index is 6.87. The van der Waals surface area contributed by atoms with E-state index in [1.807, 2.05) is 66.7 Å². The molecule has 0 bridgehead atoms. The van der Waals surface area contributed by atoms with Crippen molar-refractivity contribution in [2.75, 3.05) is 4.90 Å². The summed E-state index contributed by atoms with van der Waals surface area (Å²) in [6.07, 6.45) is 9.37. The zero-order valence-electron chi connectivity index (χ0n) is 27.9. The average Bonchev–Trinajstić information content (AvgIpc) is 3.72. The average molecular weight is 659 g/mol. The molecule has 5 heteroatoms. The van der Waals surface area contributed by atoms with Crippen molar-refractivity contribution in [3.05, 3.63) is 203 Å². The Hall–Kier alpha value is -6.59. The molecule has 2 aromatic heterocycles. The normalized spacial score (nSPS) is 16.5. The molecule has 1 aliphatic heterocycles. The van der Waals surface area contributed by atoms with Crippen LogP contribution in [0.25, 0.3) is 41.0 Å². The van der Waals surface area contributed by atoms with Gasteiger partial charge in [0.15, 0.2) is 17.5 Å². The van der Waals surface area contributed by atoms with Gasteiger partial charge in [0.1, 0.15) is 11.2 Å². The number of nitrogens with zero attached hydrogens (tertiary/aromatic N) is 4. The zero-order chi connectivity index (χ0) is 34.1. The Morgan fingerprint density at radius 1 is 0.686 bits per heavy atom. The van der Waals surface area contributed by atoms with E-state index >= 15 is 0 Å². The largest absolute Gasteiger partial charge is 0.456 e. The maximum Gasteiger partial charge on any atom is 0.167 e. The lowest BCUT2D eigenvalue weighted by Crippen LogP contribution is -2.32. The van der Waals surface area contributed by atoms with E-state index in [0.717, 1.165) is 45.4 Å². The first-order chi connectivity index (χ1) is 25.2. The second-order valence-corrected chi connectivity index (χ2v) is 12.8. The lowest BCUT2D eigenvalue weighted by atomic mass is 9.85. The van der Waals surface area contributed by atoms with Gasteiger partial charge in [0.05, 0.1) is 11.6 Å². The Kier molecular flexibility index (Phi) is 7.78. The molecule has 0 spiro atoms. The summed E-state index contributed by atoms with van der Waals surface area (Å²) in [5.41, 5.74) is 9.14. The molecule has 9 rings (SSSR count). The van der Waals surface area contributed by atoms with Gasteiger partial charge in [-0.3, -0.25) is 0 Å². The third-order valence-electron chi connectivity index (χ3n) is 9.70. The van der Waals surface area contributed by atoms with Crippen LogP contribution in [0.5, 0.6) is 0 Å². The molecule has 0 saturated carbocycles. The number of aromatic nitrogens is 3. The highest BCUT2D eigenvalue weighted by molar-refractivity contribution is 5.79. The number of hydrogen-bond acceptors (Lipinski definition) is 5. The van der Waals surface area contributed by atoms with Crippen LogP contribution in [0, 0.1) is 0 Å². The SMILES string of the molecule is C=c1c2c(o/c1=C(/C=C\Cc1ccccc1)c1nc(-c3ccccc3)nc(-c3ccccc3)n1)C=CC1c3ccccc3N(c3ccccc3)C21. The third-order valence-corrected chi connectivity index (χ3v) is 9.70. The minimum absolute atomic E-state index is 0.0255. The van der Waals surface area contributed by atoms with E-state index in [1.54, 1.807) is 0 Å². The summed E-state index contributed by atoms with van der Waals surface area (Å²) in [5.74, 6) is 2.66. The van der Waals surface area contributed by atoms with Crippen LogP contribution in [0.3, 0.4) is 0 Å². The fourth-order valence-corrected chi connectivity index (χ4v) is 7.34. The quantitative estimate of drug-likeness (QED) is 0.171. The third kappa shape index (κ3) is 5.59. The molecule has 1 aliphatic carbocycles. The summed E-state index contributed by atoms with van der Waals surface area (Å²) < 4.78 is 6.87. The fraction of sp³-hybridized carbons (Fsp3) is 0.0652. The van der Waals surface area contributed by atoms with Gasteiger partial charge >= 0.3 is 0 Å². The monoisotopic (exact) mass is 658 g/mol. The van der Waals surface area contributed by atoms with Crippen LogP contribution in [0.4, 0.5) is 11.4 Å². The number of hydrogen-bond donors (Lipinski definition) is 0. The number of furan rings is 1. The highest BCUT2D eigenvalue weighted by atomic mass is 16.3. The molecule has 2 unspecified atom stereocenters. The molecule has 5 nitrogen and oxygen atoms in total. The van der Waals surface area contributed by atoms with E-state index in [1.165, 1.54) is 16.8 Å². The molecule has 0 saturated heterocycles. The van der Waals surface area contributed by atoms with Crippen molar-refractivity contribution in [1.29, 1.82) is 0 Å². The highest BCUT2D eigenvalue weighted by Gasteiger charge is 2.43. The van der Waals surface area contributed by atoms with Crippen LogP contribution < -0.4 is 15.5 Å². The van der Waals surface area contributed by atoms with E-state index in [-0.39, 0.29) is 12.0 Å². The Balaban J connectivity index is 1.28. The first kappa shape index (κ1) is 30.5. The van der Waals surface area contributed by atoms with E-state index in [0.29, 0.717) is 22.9 Å². The summed E-state index contributed by atoms with van der Waals surface area (Å²) in [6.45, 7) is 4.74. The summed E-state index contributed by atoms with van der Waals surface area (Å²) in [7, 11) is 0. The predicted octanol–water partition coefficient (Wildman–Crippen LogP) is 9.21. The molecular formula is C46H34N4O. The van der Waals surface area contributed by atoms with Gasteiger partial charge in [-0.1, -0.05) is 152 Å². The second kappa shape index (κ2) is 13.0. The van der Waals surface area contributed by atoms with Crippen LogP contribution in [-0.2, 0) is 6.42 Å². The molecule has 0 radical (unpaired) electrons. The van der Waals surface area contributed by atoms with Crippen LogP contribution in [0.2, 0.25) is 0 Å². The van der Waals surface area contributed by atoms with E-state index in [4.69, 9.17) is 25.9 Å². The minimum Gasteiger partial charge on any atom is -0.456 e. The fourth-order valence-electron chi connectivity index (χ4n) is 7.34. The molecule has 51 heavy (non-hydrogen) atoms. The number of allylic oxidation sites excluding steroid dienone is 2. The van der Waals surface area contributed by atoms with Gasteiger partial charge in [-0.2, -0.15) is 0 Å². The lowest BCUT2D eigenvalue weighted by molar-refractivity contribution is 0.509. The predicted molar refractivity (Wildman–Crippen MR) is 206 cm³/mol. The van der Waals surface area contributed by atoms with Crippen molar-refractivity contribution < 1.29 is 4.42 Å². The van der Waals surface area contributed by atoms with Gasteiger partial charge in [0, 0.05) is 39.2 Å². The maximum atomic E-state index is 6.87. The van der Waals surface area contributed by atoms with E-state index < -0.39 is 0 Å². The van der Waals surface area contributed by atoms with Crippen LogP contribution in [0.15, 0.2) is 168 Å². The number of benzene rings is 5. The second-order valence-electron chi connectivity index (χ2n) is 12.8. The molecule has 0 fully saturated rings. The van der Waals surface area contributed by atoms with Crippen molar-refractivity contribution >= 4 is 29.6 Å². The molecule has 5 aromatic carbocycles. The first-order valence-electron chi connectivity index (χ1n) is 17.3. The summed E-state index contributed by atoms with van der Waals surface area (Å²) in [4.78, 5) is 17.6. The minimum atomic E-state index is -0.0255. The number of para-hydroxylation sites is 2. The van der Waals surface area contributed by atoms with Crippen molar-refractivity contribution in [3.63, 3.8) is 0 Å². The molecule has 0 N–H and O–H groups in total. The molecule has 3 heterocycles. The van der Waals surface area contributed by atoms with Gasteiger partial charge in [-0.25, -0.2) is 15.0 Å². The molecule has 2 atom stereocenters. The number of rotatable bonds is 7. The summed E-state index contributed by atoms with van der Waals surface area (Å²) in [6, 6.07) is 49.8. The lowest BCUT2D eigenvalue weighted by Gasteiger charge is -2.31. The Bertz CT molecular complexity index is 2470. The zero-order valence-corrected chi connectivity index (χ0v) is 27.9. The molecule has 0 amide bonds. The van der Waals surface area contributed by atoms with Crippen molar-refractivity contribution in [3.8, 4) is 22.8 Å². The Morgan fingerprint density at radius 2 is 1.27 bits per heavy atom. The topological polar surface area (TPSA) is 55.1 Å². The van der Waals surface area contributed by atoms with Crippen molar-refractivity contribution in [2.45, 2.75) is 18.4 Å². The first-order valence-corrected chi connectivity index (χ1v) is 17.3. The van der Waals surface area contributed by atoms with Crippen molar-refractivity contribution in [2.24, 2.45) is 0 Å². The van der Waals surface area contributed by atoms with E-state index in [9.17, 15) is 0 Å². The molecule has 244 valence electrons. The van der Waals surface area contributed by atoms with Gasteiger partial charge < -0.3 is 9.32 Å². The summed E-state index contributed by atoms with van der Waals surface area (Å²) in [5, 5.41) is 0.834. The standard InChI is InChI=1S/C46H34N4O/c1-31-41-40(30-29-37-36-26-14-15-28-39(36)50(42(37)41)35-24-12-5-13-25-35)51-43(31)38(27-16-19-32-17-6-2-7-18-32)46-48-44(33-20-8-3-9-21-33)47-45(49-46)34-22-10-4-11-23-34/h2-18,20-30,37,42H,1,19H2/b27-16-,43-38-.